The molecule has 0 spiro atoms. The summed E-state index contributed by atoms with van der Waals surface area (Å²) in [5, 5.41) is 2.47. The number of β-lactam (4-membered cyclic amide) rings is 1. The van der Waals surface area contributed by atoms with Gasteiger partial charge in [-0.1, -0.05) is 30.3 Å². The third-order valence-electron chi connectivity index (χ3n) is 5.16. The molecule has 1 N–H and O–H groups in total. The molecule has 2 heterocycles. The molecule has 0 aromatic heterocycles. The van der Waals surface area contributed by atoms with E-state index in [1.54, 1.807) is 20.8 Å². The van der Waals surface area contributed by atoms with Crippen LogP contribution in [0.1, 0.15) is 46.6 Å². The average molecular weight is 463 g/mol. The fourth-order valence-electron chi connectivity index (χ4n) is 3.84. The van der Waals surface area contributed by atoms with Crippen LogP contribution < -0.4 is 5.32 Å². The van der Waals surface area contributed by atoms with Crippen LogP contribution in [-0.2, 0) is 35.1 Å². The van der Waals surface area contributed by atoms with Gasteiger partial charge in [-0.3, -0.25) is 14.4 Å². The number of hydrogen-bond donors (Lipinski definition) is 1. The molecular weight excluding hydrogens is 432 g/mol. The highest BCUT2D eigenvalue weighted by Gasteiger charge is 2.64. The molecule has 1 aromatic rings. The fourth-order valence-corrected chi connectivity index (χ4v) is 5.46. The van der Waals surface area contributed by atoms with Crippen molar-refractivity contribution in [2.75, 3.05) is 6.61 Å². The maximum absolute atomic E-state index is 12.8. The molecule has 1 unspecified atom stereocenters. The molecule has 0 bridgehead atoms. The summed E-state index contributed by atoms with van der Waals surface area (Å²) >= 11 is 1.46. The zero-order valence-electron chi connectivity index (χ0n) is 19.0. The third-order valence-corrected chi connectivity index (χ3v) is 6.73. The highest BCUT2D eigenvalue weighted by molar-refractivity contribution is 8.01. The first kappa shape index (κ1) is 24.1. The standard InChI is InChI=1S/C23H30N2O6S/c1-22(2,3)31-16(27)11-12-30-21(29)18-23(4,5)32-20-17(19(28)25(18)20)24-15(26)13-14-9-7-6-8-10-14/h6-10,17-18,20H,11-13H2,1-5H3,(H,24,26)/t17-,18?,20-/m1/s1. The number of carbonyl (C=O) groups is 4. The summed E-state index contributed by atoms with van der Waals surface area (Å²) in [6.07, 6.45) is 0.125. The van der Waals surface area contributed by atoms with E-state index >= 15 is 0 Å². The Morgan fingerprint density at radius 1 is 1.16 bits per heavy atom. The second kappa shape index (κ2) is 9.13. The van der Waals surface area contributed by atoms with Gasteiger partial charge >= 0.3 is 11.9 Å². The molecule has 0 aliphatic carbocycles. The molecule has 0 saturated carbocycles. The monoisotopic (exact) mass is 462 g/mol. The molecule has 2 aliphatic heterocycles. The molecular formula is C23H30N2O6S. The van der Waals surface area contributed by atoms with Gasteiger partial charge in [-0.05, 0) is 40.2 Å². The topological polar surface area (TPSA) is 102 Å². The molecule has 8 nitrogen and oxygen atoms in total. The number of nitrogens with one attached hydrogen (secondary N) is 1. The Balaban J connectivity index is 1.55. The van der Waals surface area contributed by atoms with E-state index in [1.807, 2.05) is 44.2 Å². The minimum absolute atomic E-state index is 0.0567. The molecule has 3 atom stereocenters. The SMILES string of the molecule is CC(C)(C)OC(=O)CCOC(=O)C1N2C(=O)[C@@H](NC(=O)Cc3ccccc3)[C@H]2SC1(C)C. The van der Waals surface area contributed by atoms with Crippen LogP contribution in [-0.4, -0.2) is 63.1 Å². The van der Waals surface area contributed by atoms with Crippen molar-refractivity contribution in [3.8, 4) is 0 Å². The molecule has 3 rings (SSSR count). The predicted molar refractivity (Wildman–Crippen MR) is 120 cm³/mol. The number of esters is 2. The van der Waals surface area contributed by atoms with Crippen LogP contribution in [0.4, 0.5) is 0 Å². The first-order valence-corrected chi connectivity index (χ1v) is 11.5. The molecule has 9 heteroatoms. The van der Waals surface area contributed by atoms with Crippen molar-refractivity contribution in [1.82, 2.24) is 10.2 Å². The Hall–Kier alpha value is -2.55. The van der Waals surface area contributed by atoms with E-state index in [0.29, 0.717) is 0 Å². The molecule has 2 fully saturated rings. The molecule has 1 aromatic carbocycles. The second-order valence-corrected chi connectivity index (χ2v) is 11.2. The van der Waals surface area contributed by atoms with E-state index < -0.39 is 34.4 Å². The van der Waals surface area contributed by atoms with Crippen molar-refractivity contribution in [2.24, 2.45) is 0 Å². The zero-order chi connectivity index (χ0) is 23.7. The van der Waals surface area contributed by atoms with Gasteiger partial charge in [0.25, 0.3) is 0 Å². The van der Waals surface area contributed by atoms with E-state index in [2.05, 4.69) is 5.32 Å². The summed E-state index contributed by atoms with van der Waals surface area (Å²) in [6.45, 7) is 8.91. The number of fused-ring (bicyclic) bond motifs is 1. The Morgan fingerprint density at radius 3 is 2.44 bits per heavy atom. The van der Waals surface area contributed by atoms with Crippen LogP contribution in [0.2, 0.25) is 0 Å². The van der Waals surface area contributed by atoms with Crippen molar-refractivity contribution in [3.63, 3.8) is 0 Å². The van der Waals surface area contributed by atoms with Crippen molar-refractivity contribution in [3.05, 3.63) is 35.9 Å². The van der Waals surface area contributed by atoms with Gasteiger partial charge in [0, 0.05) is 4.75 Å². The van der Waals surface area contributed by atoms with Crippen LogP contribution in [0.15, 0.2) is 30.3 Å². The normalized spacial score (nSPS) is 23.7. The number of hydrogen-bond acceptors (Lipinski definition) is 7. The van der Waals surface area contributed by atoms with Gasteiger partial charge in [-0.15, -0.1) is 11.8 Å². The summed E-state index contributed by atoms with van der Waals surface area (Å²) in [4.78, 5) is 51.3. The number of amides is 2. The van der Waals surface area contributed by atoms with Gasteiger partial charge in [-0.2, -0.15) is 0 Å². The lowest BCUT2D eigenvalue weighted by molar-refractivity contribution is -0.166. The van der Waals surface area contributed by atoms with Gasteiger partial charge in [0.05, 0.1) is 12.8 Å². The molecule has 2 aliphatic rings. The van der Waals surface area contributed by atoms with E-state index in [1.165, 1.54) is 16.7 Å². The first-order chi connectivity index (χ1) is 14.9. The van der Waals surface area contributed by atoms with Crippen LogP contribution >= 0.6 is 11.8 Å². The van der Waals surface area contributed by atoms with Gasteiger partial charge in [0.15, 0.2) is 0 Å². The molecule has 174 valence electrons. The van der Waals surface area contributed by atoms with E-state index in [4.69, 9.17) is 9.47 Å². The Bertz CT molecular complexity index is 895. The van der Waals surface area contributed by atoms with Crippen molar-refractivity contribution >= 4 is 35.5 Å². The lowest BCUT2D eigenvalue weighted by Crippen LogP contribution is -2.70. The van der Waals surface area contributed by atoms with Crippen LogP contribution in [0, 0.1) is 0 Å². The van der Waals surface area contributed by atoms with Gasteiger partial charge in [0.1, 0.15) is 29.7 Å². The fraction of sp³-hybridized carbons (Fsp3) is 0.565. The second-order valence-electron chi connectivity index (χ2n) is 9.47. The smallest absolute Gasteiger partial charge is 0.330 e. The number of thioether (sulfide) groups is 1. The Labute approximate surface area is 192 Å². The van der Waals surface area contributed by atoms with Crippen molar-refractivity contribution in [2.45, 2.75) is 75.3 Å². The number of carbonyl (C=O) groups excluding carboxylic acids is 4. The molecule has 32 heavy (non-hydrogen) atoms. The summed E-state index contributed by atoms with van der Waals surface area (Å²) in [6, 6.07) is 7.83. The van der Waals surface area contributed by atoms with Gasteiger partial charge in [-0.25, -0.2) is 4.79 Å². The maximum atomic E-state index is 12.8. The van der Waals surface area contributed by atoms with Crippen molar-refractivity contribution in [1.29, 1.82) is 0 Å². The number of nitrogens with zero attached hydrogens (tertiary/aromatic N) is 1. The first-order valence-electron chi connectivity index (χ1n) is 10.6. The van der Waals surface area contributed by atoms with E-state index in [-0.39, 0.29) is 36.6 Å². The summed E-state index contributed by atoms with van der Waals surface area (Å²) in [5.41, 5.74) is 0.252. The van der Waals surface area contributed by atoms with Crippen LogP contribution in [0.5, 0.6) is 0 Å². The zero-order valence-corrected chi connectivity index (χ0v) is 19.9. The molecule has 2 amide bonds. The lowest BCUT2D eigenvalue weighted by Gasteiger charge is -2.44. The number of rotatable bonds is 7. The van der Waals surface area contributed by atoms with Crippen LogP contribution in [0.3, 0.4) is 0 Å². The summed E-state index contributed by atoms with van der Waals surface area (Å²) < 4.78 is 9.92. The summed E-state index contributed by atoms with van der Waals surface area (Å²) in [5.74, 6) is -1.56. The highest BCUT2D eigenvalue weighted by atomic mass is 32.2. The molecule has 2 saturated heterocycles. The van der Waals surface area contributed by atoms with Crippen LogP contribution in [0.25, 0.3) is 0 Å². The number of ether oxygens (including phenoxy) is 2. The van der Waals surface area contributed by atoms with E-state index in [0.717, 1.165) is 5.56 Å². The highest BCUT2D eigenvalue weighted by Crippen LogP contribution is 2.51. The average Bonchev–Trinajstić information content (AvgIpc) is 2.93. The number of benzene rings is 1. The van der Waals surface area contributed by atoms with E-state index in [9.17, 15) is 19.2 Å². The molecule has 0 radical (unpaired) electrons. The minimum Gasteiger partial charge on any atom is -0.464 e. The van der Waals surface area contributed by atoms with Crippen molar-refractivity contribution < 1.29 is 28.7 Å². The minimum atomic E-state index is -0.786. The quantitative estimate of drug-likeness (QED) is 0.489. The van der Waals surface area contributed by atoms with Gasteiger partial charge < -0.3 is 19.7 Å². The lowest BCUT2D eigenvalue weighted by atomic mass is 9.96. The predicted octanol–water partition coefficient (Wildman–Crippen LogP) is 2.05. The summed E-state index contributed by atoms with van der Waals surface area (Å²) in [7, 11) is 0. The maximum Gasteiger partial charge on any atom is 0.330 e. The third kappa shape index (κ3) is 5.43. The Morgan fingerprint density at radius 2 is 1.81 bits per heavy atom. The largest absolute Gasteiger partial charge is 0.464 e. The Kier molecular flexibility index (Phi) is 6.88. The van der Waals surface area contributed by atoms with Gasteiger partial charge in [0.2, 0.25) is 11.8 Å².